The van der Waals surface area contributed by atoms with E-state index in [1.54, 1.807) is 42.5 Å². The summed E-state index contributed by atoms with van der Waals surface area (Å²) in [6, 6.07) is 15.6. The van der Waals surface area contributed by atoms with Gasteiger partial charge in [-0.25, -0.2) is 16.8 Å². The SMILES string of the molecule is CO[C@@]12C=C[C@@H](O1)[C@@H](S(=O)(=O)c1ccccc1)[C@@H]2S(=O)(=O)c1ccccc1. The first-order chi connectivity index (χ1) is 12.8. The second-order valence-corrected chi connectivity index (χ2v) is 10.6. The molecule has 27 heavy (non-hydrogen) atoms. The van der Waals surface area contributed by atoms with E-state index in [0.717, 1.165) is 0 Å². The van der Waals surface area contributed by atoms with Crippen LogP contribution in [0.25, 0.3) is 0 Å². The molecule has 0 saturated carbocycles. The Morgan fingerprint density at radius 1 is 0.852 bits per heavy atom. The Labute approximate surface area is 158 Å². The van der Waals surface area contributed by atoms with Crippen molar-refractivity contribution in [2.75, 3.05) is 7.11 Å². The van der Waals surface area contributed by atoms with Crippen LogP contribution in [-0.2, 0) is 29.1 Å². The molecule has 4 atom stereocenters. The van der Waals surface area contributed by atoms with Gasteiger partial charge in [0, 0.05) is 7.11 Å². The Morgan fingerprint density at radius 3 is 1.89 bits per heavy atom. The molecule has 2 aromatic rings. The van der Waals surface area contributed by atoms with Gasteiger partial charge in [-0.2, -0.15) is 0 Å². The van der Waals surface area contributed by atoms with Gasteiger partial charge in [0.05, 0.1) is 15.9 Å². The molecule has 0 radical (unpaired) electrons. The van der Waals surface area contributed by atoms with E-state index in [2.05, 4.69) is 0 Å². The summed E-state index contributed by atoms with van der Waals surface area (Å²) >= 11 is 0. The number of benzene rings is 2. The van der Waals surface area contributed by atoms with E-state index in [-0.39, 0.29) is 9.79 Å². The first-order valence-electron chi connectivity index (χ1n) is 8.33. The molecule has 2 heterocycles. The number of fused-ring (bicyclic) bond motifs is 2. The highest BCUT2D eigenvalue weighted by atomic mass is 32.2. The molecule has 0 N–H and O–H groups in total. The van der Waals surface area contributed by atoms with Gasteiger partial charge in [-0.15, -0.1) is 0 Å². The predicted molar refractivity (Wildman–Crippen MR) is 98.6 cm³/mol. The maximum atomic E-state index is 13.4. The van der Waals surface area contributed by atoms with E-state index in [9.17, 15) is 16.8 Å². The molecule has 2 aromatic carbocycles. The molecule has 1 saturated heterocycles. The molecule has 8 heteroatoms. The Morgan fingerprint density at radius 2 is 1.37 bits per heavy atom. The van der Waals surface area contributed by atoms with Gasteiger partial charge in [0.25, 0.3) is 0 Å². The highest BCUT2D eigenvalue weighted by molar-refractivity contribution is 7.96. The van der Waals surface area contributed by atoms with Crippen molar-refractivity contribution >= 4 is 19.7 Å². The molecule has 6 nitrogen and oxygen atoms in total. The largest absolute Gasteiger partial charge is 0.349 e. The second kappa shape index (κ2) is 6.27. The van der Waals surface area contributed by atoms with E-state index < -0.39 is 42.1 Å². The quantitative estimate of drug-likeness (QED) is 0.706. The van der Waals surface area contributed by atoms with Gasteiger partial charge in [0.2, 0.25) is 5.79 Å². The third-order valence-corrected chi connectivity index (χ3v) is 9.59. The van der Waals surface area contributed by atoms with Gasteiger partial charge in [-0.05, 0) is 30.3 Å². The van der Waals surface area contributed by atoms with Crippen LogP contribution in [0, 0.1) is 0 Å². The van der Waals surface area contributed by atoms with Gasteiger partial charge in [-0.3, -0.25) is 0 Å². The standard InChI is InChI=1S/C19H18O6S2/c1-24-19-13-12-16(25-19)17(26(20,21)14-8-4-2-5-9-14)18(19)27(22,23)15-10-6-3-7-11-15/h2-13,16-18H,1H3/t16-,17-,18+,19+/m1/s1. The second-order valence-electron chi connectivity index (χ2n) is 6.47. The van der Waals surface area contributed by atoms with E-state index in [0.29, 0.717) is 0 Å². The fourth-order valence-electron chi connectivity index (χ4n) is 3.75. The number of ether oxygens (including phenoxy) is 2. The lowest BCUT2D eigenvalue weighted by Gasteiger charge is -2.31. The number of rotatable bonds is 5. The molecule has 0 spiro atoms. The number of hydrogen-bond donors (Lipinski definition) is 0. The third-order valence-electron chi connectivity index (χ3n) is 5.01. The summed E-state index contributed by atoms with van der Waals surface area (Å²) in [5.74, 6) is -1.63. The fourth-order valence-corrected chi connectivity index (χ4v) is 8.49. The van der Waals surface area contributed by atoms with Crippen LogP contribution in [0.4, 0.5) is 0 Å². The van der Waals surface area contributed by atoms with Crippen molar-refractivity contribution in [1.29, 1.82) is 0 Å². The summed E-state index contributed by atoms with van der Waals surface area (Å²) in [6.45, 7) is 0. The van der Waals surface area contributed by atoms with Crippen molar-refractivity contribution in [2.24, 2.45) is 0 Å². The van der Waals surface area contributed by atoms with Crippen LogP contribution in [-0.4, -0.2) is 46.3 Å². The van der Waals surface area contributed by atoms with Crippen LogP contribution in [0.2, 0.25) is 0 Å². The van der Waals surface area contributed by atoms with Gasteiger partial charge in [-0.1, -0.05) is 42.5 Å². The van der Waals surface area contributed by atoms with Gasteiger partial charge >= 0.3 is 0 Å². The summed E-state index contributed by atoms with van der Waals surface area (Å²) in [6.07, 6.45) is 2.16. The molecule has 142 valence electrons. The fraction of sp³-hybridized carbons (Fsp3) is 0.263. The molecule has 0 unspecified atom stereocenters. The normalized spacial score (nSPS) is 29.9. The summed E-state index contributed by atoms with van der Waals surface area (Å²) < 4.78 is 64.7. The average Bonchev–Trinajstić information content (AvgIpc) is 3.27. The van der Waals surface area contributed by atoms with Crippen LogP contribution >= 0.6 is 0 Å². The van der Waals surface area contributed by atoms with Crippen molar-refractivity contribution in [3.63, 3.8) is 0 Å². The van der Waals surface area contributed by atoms with Crippen molar-refractivity contribution < 1.29 is 26.3 Å². The molecule has 4 rings (SSSR count). The molecule has 0 aliphatic carbocycles. The van der Waals surface area contributed by atoms with Gasteiger partial charge in [0.1, 0.15) is 10.5 Å². The molecular weight excluding hydrogens is 388 g/mol. The first kappa shape index (κ1) is 18.4. The van der Waals surface area contributed by atoms with Crippen LogP contribution in [0.1, 0.15) is 0 Å². The monoisotopic (exact) mass is 406 g/mol. The number of sulfone groups is 2. The molecule has 0 aromatic heterocycles. The summed E-state index contributed by atoms with van der Waals surface area (Å²) in [7, 11) is -6.74. The third kappa shape index (κ3) is 2.67. The predicted octanol–water partition coefficient (Wildman–Crippen LogP) is 1.98. The Hall–Kier alpha value is -2.00. The van der Waals surface area contributed by atoms with Crippen molar-refractivity contribution in [1.82, 2.24) is 0 Å². The minimum atomic E-state index is -4.06. The number of methoxy groups -OCH3 is 1. The summed E-state index contributed by atoms with van der Waals surface area (Å²) in [5.41, 5.74) is 0. The van der Waals surface area contributed by atoms with Crippen molar-refractivity contribution in [2.45, 2.75) is 32.2 Å². The Balaban J connectivity index is 1.91. The van der Waals surface area contributed by atoms with Gasteiger partial charge in [0.15, 0.2) is 19.7 Å². The van der Waals surface area contributed by atoms with Crippen molar-refractivity contribution in [3.8, 4) is 0 Å². The summed E-state index contributed by atoms with van der Waals surface area (Å²) in [4.78, 5) is 0.0864. The molecule has 0 amide bonds. The van der Waals surface area contributed by atoms with Crippen molar-refractivity contribution in [3.05, 3.63) is 72.8 Å². The summed E-state index contributed by atoms with van der Waals surface area (Å²) in [5, 5.41) is -2.73. The molecule has 2 aliphatic heterocycles. The van der Waals surface area contributed by atoms with Crippen LogP contribution in [0.3, 0.4) is 0 Å². The van der Waals surface area contributed by atoms with Crippen LogP contribution < -0.4 is 0 Å². The Kier molecular flexibility index (Phi) is 4.27. The topological polar surface area (TPSA) is 86.7 Å². The highest BCUT2D eigenvalue weighted by Crippen LogP contribution is 2.48. The zero-order valence-electron chi connectivity index (χ0n) is 14.4. The zero-order chi connectivity index (χ0) is 19.3. The minimum Gasteiger partial charge on any atom is -0.349 e. The smallest absolute Gasteiger partial charge is 0.207 e. The van der Waals surface area contributed by atoms with Gasteiger partial charge < -0.3 is 9.47 Å². The highest BCUT2D eigenvalue weighted by Gasteiger charge is 2.66. The minimum absolute atomic E-state index is 0.0317. The van der Waals surface area contributed by atoms with E-state index in [1.165, 1.54) is 37.5 Å². The van der Waals surface area contributed by atoms with E-state index in [1.807, 2.05) is 0 Å². The lowest BCUT2D eigenvalue weighted by Crippen LogP contribution is -2.52. The number of hydrogen-bond acceptors (Lipinski definition) is 6. The van der Waals surface area contributed by atoms with Crippen LogP contribution in [0.5, 0.6) is 0 Å². The average molecular weight is 406 g/mol. The lowest BCUT2D eigenvalue weighted by atomic mass is 10.0. The molecule has 2 aliphatic rings. The van der Waals surface area contributed by atoms with Crippen LogP contribution in [0.15, 0.2) is 82.6 Å². The lowest BCUT2D eigenvalue weighted by molar-refractivity contribution is -0.155. The maximum absolute atomic E-state index is 13.4. The molecule has 1 fully saturated rings. The molecule has 2 bridgehead atoms. The maximum Gasteiger partial charge on any atom is 0.207 e. The first-order valence-corrected chi connectivity index (χ1v) is 11.4. The van der Waals surface area contributed by atoms with E-state index >= 15 is 0 Å². The Bertz CT molecular complexity index is 1080. The zero-order valence-corrected chi connectivity index (χ0v) is 16.1. The van der Waals surface area contributed by atoms with E-state index in [4.69, 9.17) is 9.47 Å². The molecular formula is C19H18O6S2.